The van der Waals surface area contributed by atoms with Crippen LogP contribution >= 0.6 is 0 Å². The van der Waals surface area contributed by atoms with Gasteiger partial charge in [-0.3, -0.25) is 19.8 Å². The SMILES string of the molecule is CCNC(=O)NC(=O)[C@@H](C)OC(=O)[C@@H](C)N=C1NS(=O)(=O)c2ccccc21. The summed E-state index contributed by atoms with van der Waals surface area (Å²) in [6.07, 6.45) is -1.23. The quantitative estimate of drug-likeness (QED) is 0.593. The highest BCUT2D eigenvalue weighted by Crippen LogP contribution is 2.22. The van der Waals surface area contributed by atoms with Gasteiger partial charge >= 0.3 is 12.0 Å². The molecule has 2 atom stereocenters. The minimum absolute atomic E-state index is 0.0227. The number of amidine groups is 1. The molecule has 0 unspecified atom stereocenters. The third-order valence-corrected chi connectivity index (χ3v) is 4.96. The molecule has 0 saturated carbocycles. The van der Waals surface area contributed by atoms with Crippen molar-refractivity contribution in [2.45, 2.75) is 37.8 Å². The fourth-order valence-corrected chi connectivity index (χ4v) is 3.46. The number of imide groups is 1. The van der Waals surface area contributed by atoms with E-state index in [1.54, 1.807) is 25.1 Å². The maximum Gasteiger partial charge on any atom is 0.331 e. The second-order valence-corrected chi connectivity index (χ2v) is 7.33. The molecule has 146 valence electrons. The highest BCUT2D eigenvalue weighted by atomic mass is 32.2. The van der Waals surface area contributed by atoms with Gasteiger partial charge in [0.2, 0.25) is 0 Å². The largest absolute Gasteiger partial charge is 0.451 e. The van der Waals surface area contributed by atoms with E-state index in [-0.39, 0.29) is 10.7 Å². The van der Waals surface area contributed by atoms with Gasteiger partial charge in [0.1, 0.15) is 11.9 Å². The first-order valence-electron chi connectivity index (χ1n) is 8.15. The molecule has 27 heavy (non-hydrogen) atoms. The Morgan fingerprint density at radius 2 is 1.89 bits per heavy atom. The number of esters is 1. The monoisotopic (exact) mass is 396 g/mol. The van der Waals surface area contributed by atoms with Crippen LogP contribution in [0.2, 0.25) is 0 Å². The van der Waals surface area contributed by atoms with Gasteiger partial charge in [0, 0.05) is 12.1 Å². The van der Waals surface area contributed by atoms with Gasteiger partial charge in [0.15, 0.2) is 6.10 Å². The van der Waals surface area contributed by atoms with Crippen LogP contribution in [0.5, 0.6) is 0 Å². The summed E-state index contributed by atoms with van der Waals surface area (Å²) in [6, 6.07) is 4.44. The van der Waals surface area contributed by atoms with E-state index in [1.165, 1.54) is 19.9 Å². The molecule has 3 amide bonds. The normalized spacial score (nSPS) is 18.0. The molecule has 0 saturated heterocycles. The first kappa shape index (κ1) is 20.4. The maximum atomic E-state index is 12.1. The molecule has 1 aromatic rings. The molecule has 1 aliphatic heterocycles. The molecule has 10 nitrogen and oxygen atoms in total. The van der Waals surface area contributed by atoms with E-state index in [2.05, 4.69) is 15.0 Å². The fourth-order valence-electron chi connectivity index (χ4n) is 2.22. The lowest BCUT2D eigenvalue weighted by Gasteiger charge is -2.15. The lowest BCUT2D eigenvalue weighted by molar-refractivity contribution is -0.155. The van der Waals surface area contributed by atoms with Gasteiger partial charge in [-0.1, -0.05) is 12.1 Å². The number of carbonyl (C=O) groups is 3. The molecule has 0 spiro atoms. The number of aliphatic imine (C=N–C) groups is 1. The van der Waals surface area contributed by atoms with E-state index in [0.29, 0.717) is 12.1 Å². The molecule has 2 rings (SSSR count). The molecular weight excluding hydrogens is 376 g/mol. The second-order valence-electron chi connectivity index (χ2n) is 5.68. The number of carbonyl (C=O) groups excluding carboxylic acids is 3. The van der Waals surface area contributed by atoms with Gasteiger partial charge in [0.25, 0.3) is 15.9 Å². The number of benzene rings is 1. The van der Waals surface area contributed by atoms with Crippen molar-refractivity contribution < 1.29 is 27.5 Å². The van der Waals surface area contributed by atoms with Crippen LogP contribution in [-0.4, -0.2) is 50.9 Å². The lowest BCUT2D eigenvalue weighted by Crippen LogP contribution is -2.45. The number of ether oxygens (including phenoxy) is 1. The predicted octanol–water partition coefficient (Wildman–Crippen LogP) is -0.109. The summed E-state index contributed by atoms with van der Waals surface area (Å²) >= 11 is 0. The van der Waals surface area contributed by atoms with Gasteiger partial charge in [-0.2, -0.15) is 0 Å². The summed E-state index contributed by atoms with van der Waals surface area (Å²) in [5.74, 6) is -1.61. The number of fused-ring (bicyclic) bond motifs is 1. The van der Waals surface area contributed by atoms with Crippen LogP contribution in [0.15, 0.2) is 34.2 Å². The van der Waals surface area contributed by atoms with Crippen molar-refractivity contribution in [2.75, 3.05) is 6.54 Å². The van der Waals surface area contributed by atoms with Gasteiger partial charge in [-0.05, 0) is 32.9 Å². The molecule has 0 fully saturated rings. The minimum atomic E-state index is -3.72. The number of sulfonamides is 1. The van der Waals surface area contributed by atoms with Crippen molar-refractivity contribution in [3.05, 3.63) is 29.8 Å². The smallest absolute Gasteiger partial charge is 0.331 e. The zero-order valence-corrected chi connectivity index (χ0v) is 15.8. The number of nitrogens with one attached hydrogen (secondary N) is 3. The van der Waals surface area contributed by atoms with Gasteiger partial charge in [-0.15, -0.1) is 0 Å². The highest BCUT2D eigenvalue weighted by Gasteiger charge is 2.31. The zero-order valence-electron chi connectivity index (χ0n) is 15.0. The van der Waals surface area contributed by atoms with Crippen molar-refractivity contribution in [1.82, 2.24) is 15.4 Å². The van der Waals surface area contributed by atoms with Crippen LogP contribution in [0.4, 0.5) is 4.79 Å². The van der Waals surface area contributed by atoms with Gasteiger partial charge in [0.05, 0.1) is 4.90 Å². The van der Waals surface area contributed by atoms with Crippen LogP contribution in [0, 0.1) is 0 Å². The summed E-state index contributed by atoms with van der Waals surface area (Å²) in [5, 5.41) is 4.40. The van der Waals surface area contributed by atoms with Gasteiger partial charge < -0.3 is 10.1 Å². The van der Waals surface area contributed by atoms with Crippen LogP contribution in [0.1, 0.15) is 26.3 Å². The van der Waals surface area contributed by atoms with E-state index in [4.69, 9.17) is 4.74 Å². The molecule has 1 heterocycles. The van der Waals surface area contributed by atoms with Crippen molar-refractivity contribution in [3.8, 4) is 0 Å². The summed E-state index contributed by atoms with van der Waals surface area (Å²) in [5.41, 5.74) is 0.346. The molecule has 0 radical (unpaired) electrons. The van der Waals surface area contributed by atoms with Crippen LogP contribution in [-0.2, 0) is 24.3 Å². The number of nitrogens with zero attached hydrogens (tertiary/aromatic N) is 1. The number of amides is 3. The van der Waals surface area contributed by atoms with Crippen molar-refractivity contribution in [1.29, 1.82) is 0 Å². The Bertz CT molecular complexity index is 896. The zero-order chi connectivity index (χ0) is 20.2. The Hall–Kier alpha value is -2.95. The highest BCUT2D eigenvalue weighted by molar-refractivity contribution is 7.90. The third-order valence-electron chi connectivity index (χ3n) is 3.56. The average Bonchev–Trinajstić information content (AvgIpc) is 2.85. The topological polar surface area (TPSA) is 143 Å². The van der Waals surface area contributed by atoms with Crippen molar-refractivity contribution >= 4 is 33.8 Å². The van der Waals surface area contributed by atoms with Gasteiger partial charge in [-0.25, -0.2) is 18.0 Å². The number of rotatable bonds is 5. The van der Waals surface area contributed by atoms with Crippen LogP contribution in [0.3, 0.4) is 0 Å². The molecule has 0 bridgehead atoms. The Balaban J connectivity index is 2.05. The molecule has 1 aromatic carbocycles. The van der Waals surface area contributed by atoms with E-state index in [9.17, 15) is 22.8 Å². The van der Waals surface area contributed by atoms with Crippen molar-refractivity contribution in [2.24, 2.45) is 4.99 Å². The predicted molar refractivity (Wildman–Crippen MR) is 95.5 cm³/mol. The minimum Gasteiger partial charge on any atom is -0.451 e. The Kier molecular flexibility index (Phi) is 6.16. The fraction of sp³-hybridized carbons (Fsp3) is 0.375. The number of urea groups is 1. The van der Waals surface area contributed by atoms with E-state index < -0.39 is 40.1 Å². The van der Waals surface area contributed by atoms with E-state index in [0.717, 1.165) is 0 Å². The van der Waals surface area contributed by atoms with Crippen LogP contribution in [0.25, 0.3) is 0 Å². The van der Waals surface area contributed by atoms with Crippen LogP contribution < -0.4 is 15.4 Å². The first-order chi connectivity index (χ1) is 12.7. The molecule has 0 aromatic heterocycles. The third kappa shape index (κ3) is 4.82. The van der Waals surface area contributed by atoms with Crippen molar-refractivity contribution in [3.63, 3.8) is 0 Å². The average molecular weight is 396 g/mol. The Morgan fingerprint density at radius 3 is 2.56 bits per heavy atom. The van der Waals surface area contributed by atoms with E-state index >= 15 is 0 Å². The summed E-state index contributed by atoms with van der Waals surface area (Å²) in [4.78, 5) is 39.4. The molecule has 0 aliphatic carbocycles. The number of hydrogen-bond acceptors (Lipinski definition) is 7. The standard InChI is InChI=1S/C16H20N4O6S/c1-4-17-16(23)19-14(21)10(3)26-15(22)9(2)18-13-11-7-5-6-8-12(11)27(24,25)20-13/h5-10H,4H2,1-3H3,(H,18,20)(H2,17,19,21,23)/t9-,10-/m1/s1. The summed E-state index contributed by atoms with van der Waals surface area (Å²) < 4.78 is 31.3. The summed E-state index contributed by atoms with van der Waals surface area (Å²) in [7, 11) is -3.72. The number of hydrogen-bond donors (Lipinski definition) is 3. The molecule has 11 heteroatoms. The first-order valence-corrected chi connectivity index (χ1v) is 9.63. The summed E-state index contributed by atoms with van der Waals surface area (Å²) in [6.45, 7) is 4.72. The van der Waals surface area contributed by atoms with E-state index in [1.807, 2.05) is 5.32 Å². The second kappa shape index (κ2) is 8.16. The molecule has 1 aliphatic rings. The molecular formula is C16H20N4O6S. The molecule has 3 N–H and O–H groups in total. The lowest BCUT2D eigenvalue weighted by atomic mass is 10.2. The Morgan fingerprint density at radius 1 is 1.22 bits per heavy atom. The Labute approximate surface area is 156 Å². The maximum absolute atomic E-state index is 12.1.